The molecule has 0 spiro atoms. The van der Waals surface area contributed by atoms with Crippen molar-refractivity contribution < 1.29 is 22.7 Å². The number of anilines is 2. The standard InChI is InChI=1S/C14H21N3O5S/c1-4-22-14(19)15-9-10-17(23(3,20)21)13-7-5-12(6-8-13)16-11(2)18/h5-8H,4,9-10H2,1-3H3,(H,15,19)(H,16,18). The Hall–Kier alpha value is -2.29. The van der Waals surface area contributed by atoms with Gasteiger partial charge in [0.25, 0.3) is 0 Å². The highest BCUT2D eigenvalue weighted by Gasteiger charge is 2.17. The molecule has 1 rings (SSSR count). The third-order valence-corrected chi connectivity index (χ3v) is 3.93. The summed E-state index contributed by atoms with van der Waals surface area (Å²) in [6.07, 6.45) is 0.487. The van der Waals surface area contributed by atoms with Crippen molar-refractivity contribution in [2.24, 2.45) is 0 Å². The molecule has 0 atom stereocenters. The van der Waals surface area contributed by atoms with Crippen LogP contribution in [0.25, 0.3) is 0 Å². The first kappa shape index (κ1) is 18.8. The number of hydrogen-bond acceptors (Lipinski definition) is 5. The normalized spacial score (nSPS) is 10.7. The second-order valence-corrected chi connectivity index (χ2v) is 6.62. The number of carbonyl (C=O) groups is 2. The van der Waals surface area contributed by atoms with Crippen LogP contribution in [0.3, 0.4) is 0 Å². The molecule has 9 heteroatoms. The number of hydrogen-bond donors (Lipinski definition) is 2. The van der Waals surface area contributed by atoms with Crippen molar-refractivity contribution in [1.29, 1.82) is 0 Å². The molecule has 0 unspecified atom stereocenters. The summed E-state index contributed by atoms with van der Waals surface area (Å²) < 4.78 is 29.7. The van der Waals surface area contributed by atoms with E-state index in [1.54, 1.807) is 31.2 Å². The lowest BCUT2D eigenvalue weighted by atomic mass is 10.2. The Morgan fingerprint density at radius 2 is 1.83 bits per heavy atom. The zero-order chi connectivity index (χ0) is 17.5. The van der Waals surface area contributed by atoms with Crippen LogP contribution in [0.15, 0.2) is 24.3 Å². The van der Waals surface area contributed by atoms with E-state index in [0.717, 1.165) is 10.6 Å². The molecule has 0 aliphatic heterocycles. The highest BCUT2D eigenvalue weighted by Crippen LogP contribution is 2.20. The minimum Gasteiger partial charge on any atom is -0.450 e. The molecule has 23 heavy (non-hydrogen) atoms. The molecule has 2 N–H and O–H groups in total. The van der Waals surface area contributed by atoms with Crippen LogP contribution in [0.1, 0.15) is 13.8 Å². The zero-order valence-corrected chi connectivity index (χ0v) is 14.1. The Labute approximate surface area is 135 Å². The van der Waals surface area contributed by atoms with Gasteiger partial charge in [-0.25, -0.2) is 13.2 Å². The summed E-state index contributed by atoms with van der Waals surface area (Å²) in [7, 11) is -3.51. The van der Waals surface area contributed by atoms with Gasteiger partial charge in [-0.2, -0.15) is 0 Å². The van der Waals surface area contributed by atoms with E-state index in [1.165, 1.54) is 6.92 Å². The van der Waals surface area contributed by atoms with E-state index in [1.807, 2.05) is 0 Å². The predicted octanol–water partition coefficient (Wildman–Crippen LogP) is 1.16. The van der Waals surface area contributed by atoms with Crippen molar-refractivity contribution in [3.05, 3.63) is 24.3 Å². The largest absolute Gasteiger partial charge is 0.450 e. The summed E-state index contributed by atoms with van der Waals surface area (Å²) in [5.74, 6) is -0.212. The number of rotatable bonds is 7. The Morgan fingerprint density at radius 1 is 1.22 bits per heavy atom. The lowest BCUT2D eigenvalue weighted by Gasteiger charge is -2.22. The first-order valence-corrected chi connectivity index (χ1v) is 8.85. The molecule has 2 amide bonds. The van der Waals surface area contributed by atoms with E-state index in [9.17, 15) is 18.0 Å². The van der Waals surface area contributed by atoms with Gasteiger partial charge in [-0.1, -0.05) is 0 Å². The van der Waals surface area contributed by atoms with Gasteiger partial charge in [0.05, 0.1) is 25.1 Å². The van der Waals surface area contributed by atoms with Gasteiger partial charge in [0.15, 0.2) is 0 Å². The van der Waals surface area contributed by atoms with Crippen LogP contribution in [0.5, 0.6) is 0 Å². The van der Waals surface area contributed by atoms with E-state index in [0.29, 0.717) is 11.4 Å². The molecular formula is C14H21N3O5S. The number of alkyl carbamates (subject to hydrolysis) is 1. The molecule has 8 nitrogen and oxygen atoms in total. The predicted molar refractivity (Wildman–Crippen MR) is 88.0 cm³/mol. The molecular weight excluding hydrogens is 322 g/mol. The molecule has 0 radical (unpaired) electrons. The SMILES string of the molecule is CCOC(=O)NCCN(c1ccc(NC(C)=O)cc1)S(C)(=O)=O. The molecule has 1 aromatic carbocycles. The maximum atomic E-state index is 11.9. The quantitative estimate of drug-likeness (QED) is 0.773. The summed E-state index contributed by atoms with van der Waals surface area (Å²) in [5, 5.41) is 5.07. The summed E-state index contributed by atoms with van der Waals surface area (Å²) in [4.78, 5) is 22.2. The number of carbonyl (C=O) groups excluding carboxylic acids is 2. The van der Waals surface area contributed by atoms with Crippen LogP contribution in [0, 0.1) is 0 Å². The van der Waals surface area contributed by atoms with Gasteiger partial charge in [-0.3, -0.25) is 9.10 Å². The molecule has 0 aromatic heterocycles. The molecule has 0 aliphatic carbocycles. The monoisotopic (exact) mass is 343 g/mol. The molecule has 128 valence electrons. The highest BCUT2D eigenvalue weighted by atomic mass is 32.2. The Kier molecular flexibility index (Phi) is 6.83. The van der Waals surface area contributed by atoms with Crippen LogP contribution < -0.4 is 14.9 Å². The van der Waals surface area contributed by atoms with Crippen molar-refractivity contribution in [2.45, 2.75) is 13.8 Å². The van der Waals surface area contributed by atoms with Crippen molar-refractivity contribution >= 4 is 33.4 Å². The number of nitrogens with one attached hydrogen (secondary N) is 2. The van der Waals surface area contributed by atoms with E-state index in [-0.39, 0.29) is 25.6 Å². The van der Waals surface area contributed by atoms with Gasteiger partial charge in [0.2, 0.25) is 15.9 Å². The van der Waals surface area contributed by atoms with E-state index in [2.05, 4.69) is 10.6 Å². The smallest absolute Gasteiger partial charge is 0.407 e. The molecule has 1 aromatic rings. The van der Waals surface area contributed by atoms with Gasteiger partial charge in [0, 0.05) is 19.2 Å². The lowest BCUT2D eigenvalue weighted by Crippen LogP contribution is -2.38. The second-order valence-electron chi connectivity index (χ2n) is 4.71. The highest BCUT2D eigenvalue weighted by molar-refractivity contribution is 7.92. The Balaban J connectivity index is 2.78. The molecule has 0 saturated heterocycles. The van der Waals surface area contributed by atoms with Gasteiger partial charge >= 0.3 is 6.09 Å². The third kappa shape index (κ3) is 6.55. The average Bonchev–Trinajstić information content (AvgIpc) is 2.43. The summed E-state index contributed by atoms with van der Waals surface area (Å²) in [6.45, 7) is 3.49. The zero-order valence-electron chi connectivity index (χ0n) is 13.3. The minimum absolute atomic E-state index is 0.0666. The maximum Gasteiger partial charge on any atom is 0.407 e. The summed E-state index contributed by atoms with van der Waals surface area (Å²) >= 11 is 0. The van der Waals surface area contributed by atoms with Crippen LogP contribution in [-0.2, 0) is 19.6 Å². The number of benzene rings is 1. The fraction of sp³-hybridized carbons (Fsp3) is 0.429. The Bertz CT molecular complexity index is 643. The van der Waals surface area contributed by atoms with Crippen molar-refractivity contribution in [2.75, 3.05) is 35.6 Å². The third-order valence-electron chi connectivity index (χ3n) is 2.74. The van der Waals surface area contributed by atoms with Crippen LogP contribution in [0.2, 0.25) is 0 Å². The number of sulfonamides is 1. The molecule has 0 heterocycles. The van der Waals surface area contributed by atoms with Crippen molar-refractivity contribution in [3.8, 4) is 0 Å². The Morgan fingerprint density at radius 3 is 2.30 bits per heavy atom. The van der Waals surface area contributed by atoms with E-state index >= 15 is 0 Å². The van der Waals surface area contributed by atoms with E-state index in [4.69, 9.17) is 4.74 Å². The second kappa shape index (κ2) is 8.37. The topological polar surface area (TPSA) is 105 Å². The van der Waals surface area contributed by atoms with Crippen LogP contribution in [-0.4, -0.2) is 46.4 Å². The number of amides is 2. The first-order chi connectivity index (χ1) is 10.7. The van der Waals surface area contributed by atoms with Crippen molar-refractivity contribution in [3.63, 3.8) is 0 Å². The van der Waals surface area contributed by atoms with Crippen molar-refractivity contribution in [1.82, 2.24) is 5.32 Å². The average molecular weight is 343 g/mol. The van der Waals surface area contributed by atoms with Gasteiger partial charge < -0.3 is 15.4 Å². The molecule has 0 bridgehead atoms. The van der Waals surface area contributed by atoms with E-state index < -0.39 is 16.1 Å². The molecule has 0 saturated carbocycles. The number of nitrogens with zero attached hydrogens (tertiary/aromatic N) is 1. The summed E-state index contributed by atoms with van der Waals surface area (Å²) in [6, 6.07) is 6.37. The number of ether oxygens (including phenoxy) is 1. The van der Waals surface area contributed by atoms with Gasteiger partial charge in [-0.05, 0) is 31.2 Å². The fourth-order valence-electron chi connectivity index (χ4n) is 1.84. The fourth-order valence-corrected chi connectivity index (χ4v) is 2.77. The molecule has 0 aliphatic rings. The minimum atomic E-state index is -3.51. The lowest BCUT2D eigenvalue weighted by molar-refractivity contribution is -0.114. The maximum absolute atomic E-state index is 11.9. The van der Waals surface area contributed by atoms with Gasteiger partial charge in [-0.15, -0.1) is 0 Å². The van der Waals surface area contributed by atoms with Gasteiger partial charge in [0.1, 0.15) is 0 Å². The van der Waals surface area contributed by atoms with Crippen LogP contribution in [0.4, 0.5) is 16.2 Å². The van der Waals surface area contributed by atoms with Crippen LogP contribution >= 0.6 is 0 Å². The molecule has 0 fully saturated rings. The first-order valence-electron chi connectivity index (χ1n) is 7.00. The summed E-state index contributed by atoms with van der Waals surface area (Å²) in [5.41, 5.74) is 1.01.